The third-order valence-electron chi connectivity index (χ3n) is 9.78. The average Bonchev–Trinajstić information content (AvgIpc) is 3.81. The van der Waals surface area contributed by atoms with Crippen LogP contribution in [0.3, 0.4) is 0 Å². The van der Waals surface area contributed by atoms with Crippen LogP contribution in [0.25, 0.3) is 10.9 Å². The number of benzene rings is 2. The molecule has 4 N–H and O–H groups in total. The molecule has 2 saturated heterocycles. The van der Waals surface area contributed by atoms with Crippen LogP contribution < -0.4 is 26.2 Å². The van der Waals surface area contributed by atoms with Crippen molar-refractivity contribution in [1.82, 2.24) is 35.8 Å². The molecule has 0 spiro atoms. The number of piperidine rings is 1. The summed E-state index contributed by atoms with van der Waals surface area (Å²) in [6.07, 6.45) is 7.30. The summed E-state index contributed by atoms with van der Waals surface area (Å²) in [6.45, 7) is 0.584. The van der Waals surface area contributed by atoms with Crippen LogP contribution in [0.2, 0.25) is 0 Å². The number of ether oxygens (including phenoxy) is 1. The first-order valence-electron chi connectivity index (χ1n) is 15.9. The number of thiazole rings is 1. The molecule has 6 atom stereocenters. The van der Waals surface area contributed by atoms with Gasteiger partial charge in [-0.15, -0.1) is 11.3 Å². The van der Waals surface area contributed by atoms with Gasteiger partial charge < -0.3 is 15.4 Å². The summed E-state index contributed by atoms with van der Waals surface area (Å²) in [4.78, 5) is 33.3. The highest BCUT2D eigenvalue weighted by Crippen LogP contribution is 2.41. The minimum absolute atomic E-state index is 0.0471. The molecule has 3 aliphatic rings. The summed E-state index contributed by atoms with van der Waals surface area (Å²) in [7, 11) is 3.44. The van der Waals surface area contributed by atoms with E-state index in [2.05, 4.69) is 49.8 Å². The predicted molar refractivity (Wildman–Crippen MR) is 173 cm³/mol. The maximum atomic E-state index is 15.0. The molecule has 2 amide bonds. The Morgan fingerprint density at radius 1 is 1.13 bits per heavy atom. The van der Waals surface area contributed by atoms with Crippen LogP contribution in [0, 0.1) is 17.7 Å². The molecule has 0 radical (unpaired) electrons. The summed E-state index contributed by atoms with van der Waals surface area (Å²) in [5.74, 6) is 0.0546. The Morgan fingerprint density at radius 3 is 2.85 bits per heavy atom. The van der Waals surface area contributed by atoms with Gasteiger partial charge in [0.25, 0.3) is 0 Å². The van der Waals surface area contributed by atoms with Crippen LogP contribution in [0.4, 0.5) is 9.52 Å². The number of hydrogen-bond donors (Lipinski definition) is 4. The van der Waals surface area contributed by atoms with Crippen LogP contribution in [0.5, 0.6) is 5.75 Å². The van der Waals surface area contributed by atoms with Crippen molar-refractivity contribution in [2.45, 2.75) is 62.8 Å². The average molecular weight is 647 g/mol. The van der Waals surface area contributed by atoms with E-state index >= 15 is 4.39 Å². The van der Waals surface area contributed by atoms with E-state index in [1.807, 2.05) is 22.8 Å². The zero-order chi connectivity index (χ0) is 31.8. The number of fused-ring (bicyclic) bond motifs is 2. The van der Waals surface area contributed by atoms with Crippen molar-refractivity contribution < 1.29 is 18.7 Å². The molecule has 2 aromatic carbocycles. The number of amides is 2. The lowest BCUT2D eigenvalue weighted by Gasteiger charge is -2.40. The quantitative estimate of drug-likeness (QED) is 0.227. The molecule has 13 heteroatoms. The summed E-state index contributed by atoms with van der Waals surface area (Å²) in [5.41, 5.74) is 9.53. The zero-order valence-corrected chi connectivity index (χ0v) is 26.7. The highest BCUT2D eigenvalue weighted by molar-refractivity contribution is 7.13. The van der Waals surface area contributed by atoms with Crippen molar-refractivity contribution >= 4 is 39.2 Å². The lowest BCUT2D eigenvalue weighted by molar-refractivity contribution is -0.128. The van der Waals surface area contributed by atoms with E-state index in [0.717, 1.165) is 30.2 Å². The first kappa shape index (κ1) is 30.7. The number of nitrogens with zero attached hydrogens (tertiary/aromatic N) is 4. The lowest BCUT2D eigenvalue weighted by Crippen LogP contribution is -2.56. The van der Waals surface area contributed by atoms with Crippen LogP contribution >= 0.6 is 11.3 Å². The number of methoxy groups -OCH3 is 1. The lowest BCUT2D eigenvalue weighted by atomic mass is 9.74. The Labute approximate surface area is 270 Å². The second-order valence-corrected chi connectivity index (χ2v) is 13.5. The van der Waals surface area contributed by atoms with Crippen molar-refractivity contribution in [1.29, 1.82) is 0 Å². The van der Waals surface area contributed by atoms with Gasteiger partial charge in [0.1, 0.15) is 11.6 Å². The third kappa shape index (κ3) is 6.24. The van der Waals surface area contributed by atoms with E-state index in [1.165, 1.54) is 30.1 Å². The van der Waals surface area contributed by atoms with Crippen molar-refractivity contribution in [2.24, 2.45) is 18.9 Å². The number of carbonyl (C=O) groups is 2. The molecule has 4 unspecified atom stereocenters. The van der Waals surface area contributed by atoms with Gasteiger partial charge >= 0.3 is 0 Å². The molecule has 4 heterocycles. The minimum atomic E-state index is -0.509. The molecular formula is C33H39FN8O3S. The Bertz CT molecular complexity index is 1710. The third-order valence-corrected chi connectivity index (χ3v) is 10.5. The molecular weight excluding hydrogens is 607 g/mol. The molecule has 2 aromatic heterocycles. The molecule has 0 bridgehead atoms. The molecule has 4 aromatic rings. The van der Waals surface area contributed by atoms with Gasteiger partial charge in [-0.2, -0.15) is 5.10 Å². The van der Waals surface area contributed by atoms with Crippen molar-refractivity contribution in [3.05, 3.63) is 71.1 Å². The predicted octanol–water partition coefficient (Wildman–Crippen LogP) is 3.90. The number of aryl methyl sites for hydroxylation is 1. The summed E-state index contributed by atoms with van der Waals surface area (Å²) < 4.78 is 22.3. The van der Waals surface area contributed by atoms with Crippen molar-refractivity contribution in [3.8, 4) is 5.75 Å². The number of aromatic nitrogens is 3. The molecule has 46 heavy (non-hydrogen) atoms. The van der Waals surface area contributed by atoms with Gasteiger partial charge in [0.05, 0.1) is 24.7 Å². The first-order valence-corrected chi connectivity index (χ1v) is 16.7. The number of halogens is 1. The Kier molecular flexibility index (Phi) is 8.73. The number of hydrogen-bond acceptors (Lipinski definition) is 9. The normalized spacial score (nSPS) is 26.5. The number of nitrogens with one attached hydrogen (secondary N) is 4. The van der Waals surface area contributed by atoms with Crippen LogP contribution in [-0.2, 0) is 23.2 Å². The van der Waals surface area contributed by atoms with Gasteiger partial charge in [0.15, 0.2) is 5.13 Å². The summed E-state index contributed by atoms with van der Waals surface area (Å²) in [5, 5.41) is 14.1. The van der Waals surface area contributed by atoms with Gasteiger partial charge in [0.2, 0.25) is 11.8 Å². The van der Waals surface area contributed by atoms with Gasteiger partial charge in [-0.05, 0) is 67.9 Å². The molecule has 1 saturated carbocycles. The standard InChI is InChI=1S/C33H39FN8O3S/c1-41-16-21-14-19(6-9-26(21)40-41)30-23-15-20(7-10-27(23)38-39-30)31(43)36-22-8-11-28(32(44)37-33-35-12-13-46-33)42(17-22)18-24-25(34)4-3-5-29(24)45-2/h3-6,9,12-14,16,20,22-23,27-28,30,38-39H,7-8,10-11,15,17-18H2,1-2H3,(H,36,43)(H,35,37,44)/t20?,22-,23?,27?,28+,30?/m1/s1. The molecule has 1 aliphatic carbocycles. The second kappa shape index (κ2) is 13.1. The minimum Gasteiger partial charge on any atom is -0.496 e. The molecule has 7 rings (SSSR count). The van der Waals surface area contributed by atoms with Crippen LogP contribution in [0.1, 0.15) is 49.3 Å². The number of rotatable bonds is 8. The fraction of sp³-hybridized carbons (Fsp3) is 0.455. The fourth-order valence-corrected chi connectivity index (χ4v) is 8.03. The van der Waals surface area contributed by atoms with Crippen LogP contribution in [-0.4, -0.2) is 63.3 Å². The van der Waals surface area contributed by atoms with E-state index in [-0.39, 0.29) is 42.3 Å². The monoisotopic (exact) mass is 646 g/mol. The number of anilines is 1. The Morgan fingerprint density at radius 2 is 2.02 bits per heavy atom. The van der Waals surface area contributed by atoms with E-state index < -0.39 is 11.9 Å². The van der Waals surface area contributed by atoms with Gasteiger partial charge in [-0.1, -0.05) is 12.1 Å². The number of carbonyl (C=O) groups excluding carboxylic acids is 2. The molecule has 2 aliphatic heterocycles. The Balaban J connectivity index is 1.04. The highest BCUT2D eigenvalue weighted by atomic mass is 32.1. The topological polar surface area (TPSA) is 125 Å². The molecule has 3 fully saturated rings. The largest absolute Gasteiger partial charge is 0.496 e. The number of hydrazine groups is 1. The number of likely N-dealkylation sites (tertiary alicyclic amines) is 1. The van der Waals surface area contributed by atoms with Gasteiger partial charge in [0, 0.05) is 66.9 Å². The van der Waals surface area contributed by atoms with Crippen molar-refractivity contribution in [2.75, 3.05) is 19.0 Å². The first-order chi connectivity index (χ1) is 22.4. The summed E-state index contributed by atoms with van der Waals surface area (Å²) in [6, 6.07) is 10.8. The zero-order valence-electron chi connectivity index (χ0n) is 25.9. The molecule has 242 valence electrons. The maximum absolute atomic E-state index is 15.0. The maximum Gasteiger partial charge on any atom is 0.243 e. The van der Waals surface area contributed by atoms with E-state index in [1.54, 1.807) is 23.7 Å². The fourth-order valence-electron chi connectivity index (χ4n) is 7.50. The van der Waals surface area contributed by atoms with E-state index in [0.29, 0.717) is 41.9 Å². The van der Waals surface area contributed by atoms with Gasteiger partial charge in [-0.25, -0.2) is 14.8 Å². The Hall–Kier alpha value is -3.91. The van der Waals surface area contributed by atoms with E-state index in [9.17, 15) is 9.59 Å². The SMILES string of the molecule is COc1cccc(F)c1CN1C[C@H](NC(=O)C2CCC3NNC(c4ccc5nn(C)cc5c4)C3C2)CC[C@H]1C(=O)Nc1nccs1. The molecule has 11 nitrogen and oxygen atoms in total. The smallest absolute Gasteiger partial charge is 0.243 e. The van der Waals surface area contributed by atoms with Gasteiger partial charge in [-0.3, -0.25) is 24.6 Å². The second-order valence-electron chi connectivity index (χ2n) is 12.6. The van der Waals surface area contributed by atoms with E-state index in [4.69, 9.17) is 4.74 Å². The van der Waals surface area contributed by atoms with Crippen molar-refractivity contribution in [3.63, 3.8) is 0 Å². The highest BCUT2D eigenvalue weighted by Gasteiger charge is 2.43. The van der Waals surface area contributed by atoms with Crippen LogP contribution in [0.15, 0.2) is 54.2 Å². The summed E-state index contributed by atoms with van der Waals surface area (Å²) >= 11 is 1.35.